The Hall–Kier alpha value is 0.887. The Labute approximate surface area is 145 Å². The van der Waals surface area contributed by atoms with Crippen LogP contribution in [0.4, 0.5) is 0 Å². The van der Waals surface area contributed by atoms with Gasteiger partial charge in [0, 0.05) is 31.6 Å². The predicted octanol–water partition coefficient (Wildman–Crippen LogP) is 4.83. The van der Waals surface area contributed by atoms with Gasteiger partial charge in [0.05, 0.1) is 0 Å². The molecule has 0 radical (unpaired) electrons. The summed E-state index contributed by atoms with van der Waals surface area (Å²) in [4.78, 5) is 0. The van der Waals surface area contributed by atoms with E-state index >= 15 is 0 Å². The molecule has 0 aliphatic carbocycles. The van der Waals surface area contributed by atoms with Crippen LogP contribution < -0.4 is 0 Å². The van der Waals surface area contributed by atoms with Crippen molar-refractivity contribution in [3.05, 3.63) is 0 Å². The van der Waals surface area contributed by atoms with E-state index in [1.807, 2.05) is 20.8 Å². The second-order valence-corrected chi connectivity index (χ2v) is 10.9. The van der Waals surface area contributed by atoms with Crippen molar-refractivity contribution in [1.82, 2.24) is 0 Å². The zero-order chi connectivity index (χ0) is 16.1. The van der Waals surface area contributed by atoms with E-state index in [0.717, 1.165) is 27.5 Å². The SMILES string of the molecule is CCO[Si](CCCSC(=S)SCC(C)C)(OCC)OCC. The maximum Gasteiger partial charge on any atom is 0.500 e. The number of hydrogen-bond acceptors (Lipinski definition) is 6. The average Bonchev–Trinajstić information content (AvgIpc) is 2.42. The van der Waals surface area contributed by atoms with E-state index in [9.17, 15) is 0 Å². The van der Waals surface area contributed by atoms with Crippen LogP contribution >= 0.6 is 35.7 Å². The second kappa shape index (κ2) is 13.3. The summed E-state index contributed by atoms with van der Waals surface area (Å²) in [6, 6.07) is 0.868. The standard InChI is InChI=1S/C14H30O3S3Si/c1-6-15-21(16-7-2,17-8-3)11-9-10-19-14(18)20-12-13(4)5/h13H,6-12H2,1-5H3. The first-order chi connectivity index (χ1) is 9.99. The number of hydrogen-bond donors (Lipinski definition) is 0. The van der Waals surface area contributed by atoms with E-state index in [1.165, 1.54) is 0 Å². The molecule has 0 N–H and O–H groups in total. The van der Waals surface area contributed by atoms with E-state index < -0.39 is 8.80 Å². The van der Waals surface area contributed by atoms with Gasteiger partial charge in [0.2, 0.25) is 0 Å². The van der Waals surface area contributed by atoms with Crippen molar-refractivity contribution in [2.75, 3.05) is 31.3 Å². The quantitative estimate of drug-likeness (QED) is 0.277. The molecule has 0 unspecified atom stereocenters. The highest BCUT2D eigenvalue weighted by molar-refractivity contribution is 8.47. The van der Waals surface area contributed by atoms with E-state index in [4.69, 9.17) is 25.5 Å². The summed E-state index contributed by atoms with van der Waals surface area (Å²) in [6.07, 6.45) is 1.01. The fourth-order valence-corrected chi connectivity index (χ4v) is 6.76. The fraction of sp³-hybridized carbons (Fsp3) is 0.929. The van der Waals surface area contributed by atoms with Gasteiger partial charge in [-0.2, -0.15) is 0 Å². The Balaban J connectivity index is 4.09. The molecule has 0 aromatic carbocycles. The molecule has 0 fully saturated rings. The second-order valence-electron chi connectivity index (χ2n) is 4.89. The van der Waals surface area contributed by atoms with Gasteiger partial charge in [0.25, 0.3) is 0 Å². The minimum atomic E-state index is -2.47. The number of thioether (sulfide) groups is 2. The zero-order valence-corrected chi connectivity index (χ0v) is 17.4. The molecule has 0 atom stereocenters. The molecule has 0 saturated carbocycles. The minimum absolute atomic E-state index is 0.641. The van der Waals surface area contributed by atoms with Crippen molar-refractivity contribution in [1.29, 1.82) is 0 Å². The van der Waals surface area contributed by atoms with Gasteiger partial charge < -0.3 is 13.3 Å². The van der Waals surface area contributed by atoms with E-state index in [0.29, 0.717) is 25.7 Å². The monoisotopic (exact) mass is 370 g/mol. The molecule has 7 heteroatoms. The molecule has 0 heterocycles. The van der Waals surface area contributed by atoms with Crippen molar-refractivity contribution in [2.45, 2.75) is 47.1 Å². The van der Waals surface area contributed by atoms with Gasteiger partial charge >= 0.3 is 8.80 Å². The lowest BCUT2D eigenvalue weighted by Crippen LogP contribution is -2.46. The van der Waals surface area contributed by atoms with Crippen LogP contribution in [-0.2, 0) is 13.3 Å². The minimum Gasteiger partial charge on any atom is -0.374 e. The Kier molecular flexibility index (Phi) is 13.9. The van der Waals surface area contributed by atoms with Crippen LogP contribution in [0.25, 0.3) is 0 Å². The molecule has 0 aliphatic heterocycles. The van der Waals surface area contributed by atoms with Gasteiger partial charge in [0.1, 0.15) is 3.53 Å². The zero-order valence-electron chi connectivity index (χ0n) is 14.0. The first-order valence-electron chi connectivity index (χ1n) is 7.71. The lowest BCUT2D eigenvalue weighted by atomic mass is 10.3. The molecule has 0 aromatic heterocycles. The predicted molar refractivity (Wildman–Crippen MR) is 102 cm³/mol. The van der Waals surface area contributed by atoms with E-state index in [1.54, 1.807) is 23.5 Å². The Morgan fingerprint density at radius 1 is 1.00 bits per heavy atom. The van der Waals surface area contributed by atoms with Crippen molar-refractivity contribution < 1.29 is 13.3 Å². The van der Waals surface area contributed by atoms with Gasteiger partial charge in [-0.25, -0.2) is 0 Å². The van der Waals surface area contributed by atoms with Crippen LogP contribution in [0.2, 0.25) is 6.04 Å². The van der Waals surface area contributed by atoms with Crippen LogP contribution in [0.15, 0.2) is 0 Å². The topological polar surface area (TPSA) is 27.7 Å². The largest absolute Gasteiger partial charge is 0.500 e. The van der Waals surface area contributed by atoms with Crippen molar-refractivity contribution >= 4 is 48.1 Å². The van der Waals surface area contributed by atoms with Crippen LogP contribution in [0.3, 0.4) is 0 Å². The first-order valence-corrected chi connectivity index (χ1v) is 12.0. The smallest absolute Gasteiger partial charge is 0.374 e. The van der Waals surface area contributed by atoms with Crippen molar-refractivity contribution in [3.8, 4) is 0 Å². The van der Waals surface area contributed by atoms with Gasteiger partial charge in [-0.1, -0.05) is 26.1 Å². The fourth-order valence-electron chi connectivity index (χ4n) is 1.72. The summed E-state index contributed by atoms with van der Waals surface area (Å²) in [5.74, 6) is 2.79. The highest BCUT2D eigenvalue weighted by Crippen LogP contribution is 2.24. The van der Waals surface area contributed by atoms with Gasteiger partial charge in [-0.3, -0.25) is 0 Å². The third kappa shape index (κ3) is 11.1. The molecular weight excluding hydrogens is 340 g/mol. The lowest BCUT2D eigenvalue weighted by molar-refractivity contribution is 0.0712. The summed E-state index contributed by atoms with van der Waals surface area (Å²) in [7, 11) is -2.47. The highest BCUT2D eigenvalue weighted by atomic mass is 32.2. The van der Waals surface area contributed by atoms with Crippen LogP contribution in [0, 0.1) is 5.92 Å². The van der Waals surface area contributed by atoms with Crippen LogP contribution in [-0.4, -0.2) is 43.7 Å². The molecule has 0 bridgehead atoms. The van der Waals surface area contributed by atoms with Crippen LogP contribution in [0.5, 0.6) is 0 Å². The molecule has 0 rings (SSSR count). The third-order valence-electron chi connectivity index (χ3n) is 2.47. The molecule has 0 aromatic rings. The third-order valence-corrected chi connectivity index (χ3v) is 8.84. The van der Waals surface area contributed by atoms with Gasteiger partial charge in [0.15, 0.2) is 0 Å². The molecule has 21 heavy (non-hydrogen) atoms. The Morgan fingerprint density at radius 2 is 1.52 bits per heavy atom. The lowest BCUT2D eigenvalue weighted by Gasteiger charge is -2.28. The normalized spacial score (nSPS) is 12.1. The molecule has 0 spiro atoms. The maximum atomic E-state index is 5.84. The van der Waals surface area contributed by atoms with E-state index in [2.05, 4.69) is 13.8 Å². The Morgan fingerprint density at radius 3 is 1.95 bits per heavy atom. The van der Waals surface area contributed by atoms with Gasteiger partial charge in [-0.15, -0.1) is 23.5 Å². The number of rotatable bonds is 12. The van der Waals surface area contributed by atoms with Gasteiger partial charge in [-0.05, 0) is 38.9 Å². The summed E-state index contributed by atoms with van der Waals surface area (Å²) < 4.78 is 18.6. The molecule has 0 aliphatic rings. The van der Waals surface area contributed by atoms with Crippen molar-refractivity contribution in [2.24, 2.45) is 5.92 Å². The highest BCUT2D eigenvalue weighted by Gasteiger charge is 2.39. The maximum absolute atomic E-state index is 5.84. The van der Waals surface area contributed by atoms with E-state index in [-0.39, 0.29) is 0 Å². The average molecular weight is 371 g/mol. The molecule has 0 amide bonds. The molecule has 3 nitrogen and oxygen atoms in total. The summed E-state index contributed by atoms with van der Waals surface area (Å²) >= 11 is 8.92. The first kappa shape index (κ1) is 21.9. The summed E-state index contributed by atoms with van der Waals surface area (Å²) in [6.45, 7) is 12.3. The number of thiocarbonyl (C=S) groups is 1. The summed E-state index contributed by atoms with van der Waals surface area (Å²) in [5, 5.41) is 0. The molecule has 0 saturated heterocycles. The Bertz CT molecular complexity index is 261. The van der Waals surface area contributed by atoms with Crippen molar-refractivity contribution in [3.63, 3.8) is 0 Å². The van der Waals surface area contributed by atoms with Crippen LogP contribution in [0.1, 0.15) is 41.0 Å². The summed E-state index contributed by atoms with van der Waals surface area (Å²) in [5.41, 5.74) is 0. The molecule has 126 valence electrons. The molecular formula is C14H30O3S3Si.